The number of hydrogen-bond donors (Lipinski definition) is 2. The number of ether oxygens (including phenoxy) is 2. The fourth-order valence-electron chi connectivity index (χ4n) is 3.44. The fraction of sp³-hybridized carbons (Fsp3) is 0.333. The Bertz CT molecular complexity index is 1370. The Balaban J connectivity index is 2.04. The molecule has 2 N–H and O–H groups in total. The third kappa shape index (κ3) is 6.69. The van der Waals surface area contributed by atoms with Crippen LogP contribution in [0.5, 0.6) is 0 Å². The Morgan fingerprint density at radius 3 is 1.41 bits per heavy atom. The minimum Gasteiger partial charge on any atom is -0.444 e. The van der Waals surface area contributed by atoms with E-state index in [-0.39, 0.29) is 0 Å². The van der Waals surface area contributed by atoms with E-state index in [0.29, 0.717) is 33.5 Å². The summed E-state index contributed by atoms with van der Waals surface area (Å²) in [6.45, 7) is 10.7. The molecular weight excluding hydrogens is 664 g/mol. The summed E-state index contributed by atoms with van der Waals surface area (Å²) in [5, 5.41) is 5.80. The number of fused-ring (bicyclic) bond motifs is 1. The fourth-order valence-corrected chi connectivity index (χ4v) is 6.88. The molecule has 1 aromatic carbocycles. The van der Waals surface area contributed by atoms with Gasteiger partial charge < -0.3 is 9.47 Å². The second-order valence-electron chi connectivity index (χ2n) is 9.92. The highest BCUT2D eigenvalue weighted by Gasteiger charge is 2.30. The summed E-state index contributed by atoms with van der Waals surface area (Å²) >= 11 is 11.0. The number of hydrogen-bond acceptors (Lipinski definition) is 9. The molecule has 196 valence electrons. The summed E-state index contributed by atoms with van der Waals surface area (Å²) < 4.78 is 22.2. The number of nitrogens with one attached hydrogen (secondary N) is 2. The molecule has 0 bridgehead atoms. The summed E-state index contributed by atoms with van der Waals surface area (Å²) in [7, 11) is 0. The van der Waals surface area contributed by atoms with Gasteiger partial charge in [-0.25, -0.2) is 9.59 Å². The second kappa shape index (κ2) is 10.6. The topological polar surface area (TPSA) is 102 Å². The molecule has 3 heterocycles. The number of carbonyl (C=O) groups is 2. The van der Waals surface area contributed by atoms with Gasteiger partial charge in [0.05, 0.1) is 30.7 Å². The Morgan fingerprint density at radius 2 is 1.11 bits per heavy atom. The van der Waals surface area contributed by atoms with Gasteiger partial charge in [0.2, 0.25) is 0 Å². The smallest absolute Gasteiger partial charge is 0.412 e. The molecule has 0 atom stereocenters. The number of aromatic nitrogens is 2. The minimum atomic E-state index is -0.733. The second-order valence-corrected chi connectivity index (χ2v) is 15.4. The van der Waals surface area contributed by atoms with E-state index in [1.807, 2.05) is 24.3 Å². The molecule has 0 aliphatic heterocycles. The van der Waals surface area contributed by atoms with Crippen molar-refractivity contribution in [2.24, 2.45) is 0 Å². The first-order chi connectivity index (χ1) is 17.2. The lowest BCUT2D eigenvalue weighted by molar-refractivity contribution is 0.0621. The third-order valence-electron chi connectivity index (χ3n) is 4.60. The monoisotopic (exact) mass is 686 g/mol. The van der Waals surface area contributed by atoms with Crippen LogP contribution in [0.25, 0.3) is 31.9 Å². The standard InChI is InChI=1S/C24H24Br2N4O4S3/c1-23(2,3)33-21(31)27-17-15(11-7-9-13(25)35-11)19-20(30-37-29-19)16(12-8-10-14(26)36-12)18(17)28-22(32)34-24(4,5)6/h7-10H,1-6H3,(H,27,31)(H,28,32). The van der Waals surface area contributed by atoms with E-state index in [1.165, 1.54) is 22.7 Å². The van der Waals surface area contributed by atoms with Crippen LogP contribution in [0.1, 0.15) is 41.5 Å². The number of nitrogens with zero attached hydrogens (tertiary/aromatic N) is 2. The maximum atomic E-state index is 13.1. The van der Waals surface area contributed by atoms with E-state index < -0.39 is 23.4 Å². The summed E-state index contributed by atoms with van der Waals surface area (Å²) in [5.41, 5.74) is 1.65. The van der Waals surface area contributed by atoms with Gasteiger partial charge in [0.1, 0.15) is 22.2 Å². The number of halogens is 2. The molecule has 0 saturated carbocycles. The molecule has 0 saturated heterocycles. The summed E-state index contributed by atoms with van der Waals surface area (Å²) in [4.78, 5) is 27.8. The lowest BCUT2D eigenvalue weighted by atomic mass is 10.00. The van der Waals surface area contributed by atoms with Gasteiger partial charge in [-0.15, -0.1) is 22.7 Å². The first-order valence-electron chi connectivity index (χ1n) is 11.1. The van der Waals surface area contributed by atoms with Gasteiger partial charge >= 0.3 is 12.2 Å². The molecule has 13 heteroatoms. The van der Waals surface area contributed by atoms with E-state index in [9.17, 15) is 9.59 Å². The van der Waals surface area contributed by atoms with Gasteiger partial charge in [-0.3, -0.25) is 10.6 Å². The minimum absolute atomic E-state index is 0.342. The van der Waals surface area contributed by atoms with Crippen LogP contribution in [-0.4, -0.2) is 32.1 Å². The maximum absolute atomic E-state index is 13.1. The first-order valence-corrected chi connectivity index (χ1v) is 15.0. The van der Waals surface area contributed by atoms with Crippen molar-refractivity contribution in [2.45, 2.75) is 52.7 Å². The number of amides is 2. The van der Waals surface area contributed by atoms with E-state index >= 15 is 0 Å². The third-order valence-corrected chi connectivity index (χ3v) is 8.41. The van der Waals surface area contributed by atoms with E-state index in [1.54, 1.807) is 41.5 Å². The average Bonchev–Trinajstić information content (AvgIpc) is 3.47. The number of carbonyl (C=O) groups excluding carboxylic acids is 2. The van der Waals surface area contributed by atoms with Crippen molar-refractivity contribution in [3.8, 4) is 20.9 Å². The van der Waals surface area contributed by atoms with Crippen molar-refractivity contribution >= 4 is 101 Å². The predicted molar refractivity (Wildman–Crippen MR) is 159 cm³/mol. The van der Waals surface area contributed by atoms with Gasteiger partial charge in [-0.2, -0.15) is 8.75 Å². The van der Waals surface area contributed by atoms with Gasteiger partial charge in [0.15, 0.2) is 0 Å². The van der Waals surface area contributed by atoms with Crippen molar-refractivity contribution in [1.29, 1.82) is 0 Å². The van der Waals surface area contributed by atoms with Gasteiger partial charge in [-0.1, -0.05) is 0 Å². The summed E-state index contributed by atoms with van der Waals surface area (Å²) in [5.74, 6) is 0. The molecule has 4 rings (SSSR count). The van der Waals surface area contributed by atoms with Crippen LogP contribution in [-0.2, 0) is 9.47 Å². The molecule has 8 nitrogen and oxygen atoms in total. The van der Waals surface area contributed by atoms with Crippen LogP contribution in [0.15, 0.2) is 31.8 Å². The molecule has 0 radical (unpaired) electrons. The van der Waals surface area contributed by atoms with E-state index in [0.717, 1.165) is 29.1 Å². The largest absolute Gasteiger partial charge is 0.444 e. The molecule has 0 aliphatic rings. The number of benzene rings is 1. The Kier molecular flexibility index (Phi) is 8.01. The van der Waals surface area contributed by atoms with Crippen LogP contribution < -0.4 is 10.6 Å². The van der Waals surface area contributed by atoms with Gasteiger partial charge in [-0.05, 0) is 97.7 Å². The van der Waals surface area contributed by atoms with E-state index in [4.69, 9.17) is 9.47 Å². The Hall–Kier alpha value is -2.06. The SMILES string of the molecule is CC(C)(C)OC(=O)Nc1c(NC(=O)OC(C)(C)C)c(-c2ccc(Br)s2)c2nsnc2c1-c1ccc(Br)s1. The lowest BCUT2D eigenvalue weighted by Gasteiger charge is -2.24. The zero-order chi connectivity index (χ0) is 27.1. The average molecular weight is 688 g/mol. The number of rotatable bonds is 4. The van der Waals surface area contributed by atoms with Gasteiger partial charge in [0.25, 0.3) is 0 Å². The normalized spacial score (nSPS) is 12.0. The van der Waals surface area contributed by atoms with Crippen molar-refractivity contribution < 1.29 is 19.1 Å². The molecule has 0 unspecified atom stereocenters. The summed E-state index contributed by atoms with van der Waals surface area (Å²) in [6, 6.07) is 7.66. The summed E-state index contributed by atoms with van der Waals surface area (Å²) in [6.07, 6.45) is -1.34. The molecule has 4 aromatic rings. The van der Waals surface area contributed by atoms with Crippen LogP contribution in [0, 0.1) is 0 Å². The van der Waals surface area contributed by atoms with Crippen molar-refractivity contribution in [3.05, 3.63) is 31.8 Å². The highest BCUT2D eigenvalue weighted by atomic mass is 79.9. The van der Waals surface area contributed by atoms with Gasteiger partial charge in [0, 0.05) is 20.9 Å². The quantitative estimate of drug-likeness (QED) is 0.222. The van der Waals surface area contributed by atoms with Crippen molar-refractivity contribution in [3.63, 3.8) is 0 Å². The van der Waals surface area contributed by atoms with Crippen molar-refractivity contribution in [2.75, 3.05) is 10.6 Å². The Labute approximate surface area is 243 Å². The first kappa shape index (κ1) is 28.0. The molecule has 0 spiro atoms. The maximum Gasteiger partial charge on any atom is 0.412 e. The molecule has 0 aliphatic carbocycles. The zero-order valence-corrected chi connectivity index (χ0v) is 26.4. The highest BCUT2D eigenvalue weighted by molar-refractivity contribution is 9.11. The molecular formula is C24H24Br2N4O4S3. The van der Waals surface area contributed by atoms with Crippen LogP contribution in [0.4, 0.5) is 21.0 Å². The molecule has 2 amide bonds. The molecule has 0 fully saturated rings. The van der Waals surface area contributed by atoms with E-state index in [2.05, 4.69) is 51.2 Å². The van der Waals surface area contributed by atoms with Crippen LogP contribution in [0.3, 0.4) is 0 Å². The highest BCUT2D eigenvalue weighted by Crippen LogP contribution is 2.51. The Morgan fingerprint density at radius 1 is 0.730 bits per heavy atom. The molecule has 37 heavy (non-hydrogen) atoms. The number of anilines is 2. The van der Waals surface area contributed by atoms with Crippen LogP contribution in [0.2, 0.25) is 0 Å². The molecule has 3 aromatic heterocycles. The van der Waals surface area contributed by atoms with Crippen molar-refractivity contribution in [1.82, 2.24) is 8.75 Å². The predicted octanol–water partition coefficient (Wildman–Crippen LogP) is 9.37. The number of thiophene rings is 2. The zero-order valence-electron chi connectivity index (χ0n) is 20.8. The van der Waals surface area contributed by atoms with Crippen LogP contribution >= 0.6 is 66.3 Å². The lowest BCUT2D eigenvalue weighted by Crippen LogP contribution is -2.29.